The number of anilines is 2. The van der Waals surface area contributed by atoms with Gasteiger partial charge in [0.1, 0.15) is 11.9 Å². The Morgan fingerprint density at radius 3 is 2.76 bits per heavy atom. The van der Waals surface area contributed by atoms with Gasteiger partial charge in [0, 0.05) is 43.7 Å². The van der Waals surface area contributed by atoms with Crippen molar-refractivity contribution in [3.8, 4) is 0 Å². The fourth-order valence-corrected chi connectivity index (χ4v) is 5.54. The molecule has 2 aromatic heterocycles. The van der Waals surface area contributed by atoms with Gasteiger partial charge in [-0.15, -0.1) is 0 Å². The average molecular weight is 511 g/mol. The Morgan fingerprint density at radius 2 is 1.92 bits per heavy atom. The number of nitrogens with two attached hydrogens (primary N) is 1. The third-order valence-corrected chi connectivity index (χ3v) is 7.25. The lowest BCUT2D eigenvalue weighted by Crippen LogP contribution is -2.49. The van der Waals surface area contributed by atoms with Crippen LogP contribution >= 0.6 is 0 Å². The number of hydrogen-bond acceptors (Lipinski definition) is 9. The summed E-state index contributed by atoms with van der Waals surface area (Å²) in [4.78, 5) is 56.6. The second kappa shape index (κ2) is 8.35. The molecule has 0 bridgehead atoms. The number of nitrogens with one attached hydrogen (secondary N) is 1. The van der Waals surface area contributed by atoms with E-state index in [1.165, 1.54) is 6.20 Å². The number of aromatic nitrogens is 3. The highest BCUT2D eigenvalue weighted by molar-refractivity contribution is 6.47. The van der Waals surface area contributed by atoms with Gasteiger partial charge in [-0.3, -0.25) is 29.1 Å². The Balaban J connectivity index is 1.35. The van der Waals surface area contributed by atoms with Crippen molar-refractivity contribution in [2.24, 2.45) is 4.99 Å². The van der Waals surface area contributed by atoms with Gasteiger partial charge in [0.2, 0.25) is 11.7 Å². The molecule has 4 aliphatic heterocycles. The maximum atomic E-state index is 13.5. The SMILES string of the molecule is Nc1ccn2c(C3=C(C4=NC=CN5c6c(cccc64)CC5C(=O)N4CCOCC4)C(=O)NC3=O)cnc2n1. The molecular formula is C26H22N8O4. The highest BCUT2D eigenvalue weighted by Gasteiger charge is 2.42. The lowest BCUT2D eigenvalue weighted by Gasteiger charge is -2.32. The summed E-state index contributed by atoms with van der Waals surface area (Å²) in [7, 11) is 0. The van der Waals surface area contributed by atoms with Gasteiger partial charge in [-0.25, -0.2) is 4.98 Å². The summed E-state index contributed by atoms with van der Waals surface area (Å²) in [5.74, 6) is -0.493. The molecule has 0 spiro atoms. The topological polar surface area (TPSA) is 148 Å². The number of imide groups is 1. The summed E-state index contributed by atoms with van der Waals surface area (Å²) < 4.78 is 7.02. The molecule has 1 saturated heterocycles. The van der Waals surface area contributed by atoms with Crippen LogP contribution in [0.5, 0.6) is 0 Å². The minimum absolute atomic E-state index is 0.0229. The normalized spacial score (nSPS) is 20.6. The minimum atomic E-state index is -0.555. The van der Waals surface area contributed by atoms with Gasteiger partial charge in [-0.1, -0.05) is 18.2 Å². The Bertz CT molecular complexity index is 1650. The Labute approximate surface area is 216 Å². The van der Waals surface area contributed by atoms with Crippen LogP contribution in [-0.4, -0.2) is 75.0 Å². The zero-order valence-electron chi connectivity index (χ0n) is 20.1. The molecule has 3 aromatic rings. The molecule has 3 N–H and O–H groups in total. The summed E-state index contributed by atoms with van der Waals surface area (Å²) in [6.07, 6.45) is 7.00. The molecule has 0 aliphatic carbocycles. The van der Waals surface area contributed by atoms with Crippen molar-refractivity contribution >= 4 is 46.3 Å². The Morgan fingerprint density at radius 1 is 1.11 bits per heavy atom. The Kier molecular flexibility index (Phi) is 4.91. The molecule has 4 aliphatic rings. The second-order valence-corrected chi connectivity index (χ2v) is 9.35. The number of aliphatic imine (C=N–C) groups is 1. The quantitative estimate of drug-likeness (QED) is 0.478. The van der Waals surface area contributed by atoms with Gasteiger partial charge < -0.3 is 20.3 Å². The highest BCUT2D eigenvalue weighted by atomic mass is 16.5. The van der Waals surface area contributed by atoms with Gasteiger partial charge in [-0.2, -0.15) is 4.98 Å². The molecule has 1 aromatic carbocycles. The van der Waals surface area contributed by atoms with E-state index in [2.05, 4.69) is 20.3 Å². The number of nitrogen functional groups attached to an aromatic ring is 1. The largest absolute Gasteiger partial charge is 0.384 e. The van der Waals surface area contributed by atoms with Crippen molar-refractivity contribution in [2.45, 2.75) is 12.5 Å². The molecule has 12 heteroatoms. The highest BCUT2D eigenvalue weighted by Crippen LogP contribution is 2.40. The van der Waals surface area contributed by atoms with Crippen molar-refractivity contribution in [3.63, 3.8) is 0 Å². The lowest BCUT2D eigenvalue weighted by atomic mass is 9.94. The van der Waals surface area contributed by atoms with Crippen molar-refractivity contribution in [2.75, 3.05) is 36.9 Å². The van der Waals surface area contributed by atoms with Gasteiger partial charge in [0.15, 0.2) is 0 Å². The van der Waals surface area contributed by atoms with E-state index >= 15 is 0 Å². The molecule has 190 valence electrons. The first-order valence-electron chi connectivity index (χ1n) is 12.2. The number of imidazole rings is 1. The molecule has 6 heterocycles. The van der Waals surface area contributed by atoms with E-state index < -0.39 is 17.9 Å². The molecular weight excluding hydrogens is 488 g/mol. The summed E-state index contributed by atoms with van der Waals surface area (Å²) >= 11 is 0. The van der Waals surface area contributed by atoms with Crippen molar-refractivity contribution in [1.29, 1.82) is 0 Å². The standard InChI is InChI=1S/C26H22N8O4/c27-18-4-6-34-17(13-29-26(34)30-18)19-20(24(36)31-23(19)35)21-15-3-1-2-14-12-16(33(22(14)15)7-5-28-21)25(37)32-8-10-38-11-9-32/h1-7,13,16H,8-12H2,(H2,27,29,30)(H,31,35,36). The monoisotopic (exact) mass is 510 g/mol. The number of nitrogens with zero attached hydrogens (tertiary/aromatic N) is 6. The zero-order chi connectivity index (χ0) is 26.0. The number of benzene rings is 1. The summed E-state index contributed by atoms with van der Waals surface area (Å²) in [5.41, 5.74) is 9.25. The van der Waals surface area contributed by atoms with Gasteiger partial charge in [0.05, 0.1) is 47.6 Å². The first-order chi connectivity index (χ1) is 18.5. The van der Waals surface area contributed by atoms with E-state index in [4.69, 9.17) is 10.5 Å². The molecule has 38 heavy (non-hydrogen) atoms. The second-order valence-electron chi connectivity index (χ2n) is 9.35. The molecule has 0 saturated carbocycles. The van der Waals surface area contributed by atoms with Crippen LogP contribution in [0.15, 0.2) is 59.6 Å². The minimum Gasteiger partial charge on any atom is -0.384 e. The third kappa shape index (κ3) is 3.27. The number of amides is 3. The summed E-state index contributed by atoms with van der Waals surface area (Å²) in [6.45, 7) is 2.14. The van der Waals surface area contributed by atoms with Crippen LogP contribution in [0.4, 0.5) is 11.5 Å². The smallest absolute Gasteiger partial charge is 0.261 e. The Hall–Kier alpha value is -4.84. The first-order valence-corrected chi connectivity index (χ1v) is 12.2. The molecule has 12 nitrogen and oxygen atoms in total. The third-order valence-electron chi connectivity index (χ3n) is 7.25. The number of carbonyl (C=O) groups is 3. The van der Waals surface area contributed by atoms with Crippen LogP contribution in [0.25, 0.3) is 11.4 Å². The van der Waals surface area contributed by atoms with Crippen LogP contribution in [0.1, 0.15) is 16.8 Å². The average Bonchev–Trinajstić information content (AvgIpc) is 3.54. The lowest BCUT2D eigenvalue weighted by molar-refractivity contribution is -0.136. The predicted molar refractivity (Wildman–Crippen MR) is 137 cm³/mol. The van der Waals surface area contributed by atoms with Crippen LogP contribution in [0, 0.1) is 0 Å². The number of rotatable bonds is 3. The molecule has 1 atom stereocenters. The molecule has 1 fully saturated rings. The number of fused-ring (bicyclic) bond motifs is 1. The van der Waals surface area contributed by atoms with Crippen LogP contribution in [-0.2, 0) is 25.5 Å². The van der Waals surface area contributed by atoms with E-state index in [1.807, 2.05) is 28.0 Å². The van der Waals surface area contributed by atoms with Crippen LogP contribution in [0.3, 0.4) is 0 Å². The summed E-state index contributed by atoms with van der Waals surface area (Å²) in [6, 6.07) is 6.87. The van der Waals surface area contributed by atoms with Crippen LogP contribution < -0.4 is 16.0 Å². The molecule has 0 radical (unpaired) electrons. The fraction of sp³-hybridized carbons (Fsp3) is 0.231. The van der Waals surface area contributed by atoms with E-state index in [1.54, 1.807) is 29.1 Å². The van der Waals surface area contributed by atoms with Gasteiger partial charge >= 0.3 is 0 Å². The van der Waals surface area contributed by atoms with Crippen LogP contribution in [0.2, 0.25) is 0 Å². The first kappa shape index (κ1) is 22.4. The van der Waals surface area contributed by atoms with E-state index in [0.29, 0.717) is 55.5 Å². The molecule has 3 amide bonds. The van der Waals surface area contributed by atoms with E-state index in [0.717, 1.165) is 11.3 Å². The molecule has 7 rings (SSSR count). The van der Waals surface area contributed by atoms with E-state index in [9.17, 15) is 14.4 Å². The van der Waals surface area contributed by atoms with Crippen molar-refractivity contribution in [1.82, 2.24) is 24.6 Å². The van der Waals surface area contributed by atoms with Gasteiger partial charge in [0.25, 0.3) is 11.8 Å². The van der Waals surface area contributed by atoms with Gasteiger partial charge in [-0.05, 0) is 11.6 Å². The number of ether oxygens (including phenoxy) is 1. The maximum Gasteiger partial charge on any atom is 0.261 e. The number of morpholine rings is 1. The van der Waals surface area contributed by atoms with Crippen molar-refractivity contribution in [3.05, 3.63) is 71.5 Å². The molecule has 1 unspecified atom stereocenters. The maximum absolute atomic E-state index is 13.5. The summed E-state index contributed by atoms with van der Waals surface area (Å²) in [5, 5.41) is 2.41. The number of para-hydroxylation sites is 1. The number of carbonyl (C=O) groups excluding carboxylic acids is 3. The fourth-order valence-electron chi connectivity index (χ4n) is 5.54. The zero-order valence-corrected chi connectivity index (χ0v) is 20.1. The number of hydrogen-bond donors (Lipinski definition) is 2. The van der Waals surface area contributed by atoms with Crippen molar-refractivity contribution < 1.29 is 19.1 Å². The predicted octanol–water partition coefficient (Wildman–Crippen LogP) is 0.286. The van der Waals surface area contributed by atoms with E-state index in [-0.39, 0.29) is 22.9 Å².